The average Bonchev–Trinajstić information content (AvgIpc) is 2.84. The molecule has 3 rings (SSSR count). The highest BCUT2D eigenvalue weighted by Crippen LogP contribution is 2.22. The number of aromatic nitrogens is 1. The third-order valence-electron chi connectivity index (χ3n) is 3.16. The number of rotatable bonds is 1. The van der Waals surface area contributed by atoms with Crippen LogP contribution in [0.5, 0.6) is 0 Å². The second-order valence-electron chi connectivity index (χ2n) is 4.36. The number of fused-ring (bicyclic) bond motifs is 1. The SMILES string of the molecule is Nc1cc(C(=O)N2CCc3ccccc3C2)sn1. The zero-order valence-electron chi connectivity index (χ0n) is 9.80. The van der Waals surface area contributed by atoms with Gasteiger partial charge in [-0.25, -0.2) is 0 Å². The quantitative estimate of drug-likeness (QED) is 0.851. The fraction of sp³-hybridized carbons (Fsp3) is 0.231. The van der Waals surface area contributed by atoms with Crippen LogP contribution in [0.25, 0.3) is 0 Å². The van der Waals surface area contributed by atoms with Gasteiger partial charge in [-0.05, 0) is 29.1 Å². The summed E-state index contributed by atoms with van der Waals surface area (Å²) in [5.74, 6) is 0.444. The Balaban J connectivity index is 1.82. The van der Waals surface area contributed by atoms with Gasteiger partial charge in [-0.2, -0.15) is 4.37 Å². The van der Waals surface area contributed by atoms with E-state index in [0.29, 0.717) is 17.2 Å². The predicted molar refractivity (Wildman–Crippen MR) is 71.4 cm³/mol. The van der Waals surface area contributed by atoms with E-state index in [1.54, 1.807) is 6.07 Å². The Kier molecular flexibility index (Phi) is 2.76. The molecule has 0 saturated carbocycles. The summed E-state index contributed by atoms with van der Waals surface area (Å²) in [6, 6.07) is 9.91. The van der Waals surface area contributed by atoms with Gasteiger partial charge in [0.05, 0.1) is 0 Å². The molecular formula is C13H13N3OS. The Labute approximate surface area is 109 Å². The number of nitrogen functional groups attached to an aromatic ring is 1. The van der Waals surface area contributed by atoms with Crippen molar-refractivity contribution in [3.8, 4) is 0 Å². The zero-order valence-corrected chi connectivity index (χ0v) is 10.6. The summed E-state index contributed by atoms with van der Waals surface area (Å²) < 4.78 is 3.95. The van der Waals surface area contributed by atoms with Gasteiger partial charge in [-0.1, -0.05) is 24.3 Å². The Morgan fingerprint density at radius 3 is 2.83 bits per heavy atom. The molecule has 92 valence electrons. The molecule has 0 spiro atoms. The van der Waals surface area contributed by atoms with Gasteiger partial charge >= 0.3 is 0 Å². The first-order chi connectivity index (χ1) is 8.74. The average molecular weight is 259 g/mol. The largest absolute Gasteiger partial charge is 0.383 e. The second-order valence-corrected chi connectivity index (χ2v) is 5.17. The van der Waals surface area contributed by atoms with E-state index >= 15 is 0 Å². The molecule has 2 N–H and O–H groups in total. The number of nitrogens with zero attached hydrogens (tertiary/aromatic N) is 2. The molecule has 0 aliphatic carbocycles. The van der Waals surface area contributed by atoms with E-state index in [4.69, 9.17) is 5.73 Å². The van der Waals surface area contributed by atoms with Crippen LogP contribution in [0.2, 0.25) is 0 Å². The van der Waals surface area contributed by atoms with E-state index in [-0.39, 0.29) is 5.91 Å². The van der Waals surface area contributed by atoms with Gasteiger partial charge in [-0.15, -0.1) is 0 Å². The number of benzene rings is 1. The molecule has 2 heterocycles. The summed E-state index contributed by atoms with van der Waals surface area (Å²) in [5.41, 5.74) is 8.12. The van der Waals surface area contributed by atoms with E-state index in [9.17, 15) is 4.79 Å². The number of carbonyl (C=O) groups excluding carboxylic acids is 1. The Bertz CT molecular complexity index is 593. The van der Waals surface area contributed by atoms with E-state index in [0.717, 1.165) is 13.0 Å². The Morgan fingerprint density at radius 1 is 1.33 bits per heavy atom. The first kappa shape index (κ1) is 11.2. The molecule has 4 nitrogen and oxygen atoms in total. The van der Waals surface area contributed by atoms with Gasteiger partial charge in [0.15, 0.2) is 0 Å². The molecule has 1 aromatic carbocycles. The first-order valence-electron chi connectivity index (χ1n) is 5.82. The van der Waals surface area contributed by atoms with Crippen LogP contribution in [0.4, 0.5) is 5.82 Å². The number of anilines is 1. The monoisotopic (exact) mass is 259 g/mol. The van der Waals surface area contributed by atoms with Gasteiger partial charge in [0.2, 0.25) is 0 Å². The van der Waals surface area contributed by atoms with Crippen LogP contribution in [0, 0.1) is 0 Å². The fourth-order valence-corrected chi connectivity index (χ4v) is 2.85. The molecular weight excluding hydrogens is 246 g/mol. The molecule has 0 radical (unpaired) electrons. The molecule has 0 saturated heterocycles. The van der Waals surface area contributed by atoms with Crippen LogP contribution in [0.3, 0.4) is 0 Å². The van der Waals surface area contributed by atoms with Crippen LogP contribution in [0.1, 0.15) is 20.8 Å². The van der Waals surface area contributed by atoms with Crippen LogP contribution in [-0.4, -0.2) is 21.7 Å². The maximum absolute atomic E-state index is 12.3. The third-order valence-corrected chi connectivity index (χ3v) is 3.95. The Hall–Kier alpha value is -1.88. The van der Waals surface area contributed by atoms with Crippen molar-refractivity contribution in [1.29, 1.82) is 0 Å². The van der Waals surface area contributed by atoms with E-state index in [2.05, 4.69) is 16.5 Å². The third kappa shape index (κ3) is 1.97. The van der Waals surface area contributed by atoms with Crippen LogP contribution < -0.4 is 5.73 Å². The highest BCUT2D eigenvalue weighted by molar-refractivity contribution is 7.08. The van der Waals surface area contributed by atoms with Crippen LogP contribution in [-0.2, 0) is 13.0 Å². The van der Waals surface area contributed by atoms with Crippen LogP contribution in [0.15, 0.2) is 30.3 Å². The zero-order chi connectivity index (χ0) is 12.5. The lowest BCUT2D eigenvalue weighted by atomic mass is 10.00. The minimum atomic E-state index is 0.0266. The molecule has 0 unspecified atom stereocenters. The highest BCUT2D eigenvalue weighted by atomic mass is 32.1. The molecule has 18 heavy (non-hydrogen) atoms. The standard InChI is InChI=1S/C13H13N3OS/c14-12-7-11(18-15-12)13(17)16-6-5-9-3-1-2-4-10(9)8-16/h1-4,7H,5-6,8H2,(H2,14,15). The number of hydrogen-bond donors (Lipinski definition) is 1. The molecule has 0 atom stereocenters. The summed E-state index contributed by atoms with van der Waals surface area (Å²) in [5, 5.41) is 0. The summed E-state index contributed by atoms with van der Waals surface area (Å²) in [4.78, 5) is 14.7. The number of carbonyl (C=O) groups is 1. The van der Waals surface area contributed by atoms with Crippen molar-refractivity contribution in [2.24, 2.45) is 0 Å². The molecule has 1 aliphatic heterocycles. The predicted octanol–water partition coefficient (Wildman–Crippen LogP) is 1.92. The van der Waals surface area contributed by atoms with E-state index in [1.165, 1.54) is 22.7 Å². The van der Waals surface area contributed by atoms with E-state index in [1.807, 2.05) is 17.0 Å². The Morgan fingerprint density at radius 2 is 2.11 bits per heavy atom. The van der Waals surface area contributed by atoms with Gasteiger partial charge in [-0.3, -0.25) is 4.79 Å². The van der Waals surface area contributed by atoms with Crippen molar-refractivity contribution in [2.45, 2.75) is 13.0 Å². The lowest BCUT2D eigenvalue weighted by Gasteiger charge is -2.28. The van der Waals surface area contributed by atoms with Gasteiger partial charge in [0, 0.05) is 19.2 Å². The van der Waals surface area contributed by atoms with Gasteiger partial charge in [0.1, 0.15) is 10.7 Å². The van der Waals surface area contributed by atoms with Crippen molar-refractivity contribution in [2.75, 3.05) is 12.3 Å². The van der Waals surface area contributed by atoms with Crippen molar-refractivity contribution in [3.05, 3.63) is 46.3 Å². The molecule has 1 amide bonds. The number of amides is 1. The lowest BCUT2D eigenvalue weighted by Crippen LogP contribution is -2.35. The van der Waals surface area contributed by atoms with Gasteiger partial charge < -0.3 is 10.6 Å². The maximum atomic E-state index is 12.3. The van der Waals surface area contributed by atoms with Crippen molar-refractivity contribution >= 4 is 23.3 Å². The van der Waals surface area contributed by atoms with E-state index < -0.39 is 0 Å². The minimum absolute atomic E-state index is 0.0266. The topological polar surface area (TPSA) is 59.2 Å². The molecule has 5 heteroatoms. The minimum Gasteiger partial charge on any atom is -0.383 e. The lowest BCUT2D eigenvalue weighted by molar-refractivity contribution is 0.0739. The molecule has 1 aromatic heterocycles. The highest BCUT2D eigenvalue weighted by Gasteiger charge is 2.22. The molecule has 1 aliphatic rings. The fourth-order valence-electron chi connectivity index (χ4n) is 2.21. The normalized spacial score (nSPS) is 14.3. The van der Waals surface area contributed by atoms with Gasteiger partial charge in [0.25, 0.3) is 5.91 Å². The molecule has 0 fully saturated rings. The van der Waals surface area contributed by atoms with Crippen molar-refractivity contribution < 1.29 is 4.79 Å². The van der Waals surface area contributed by atoms with Crippen LogP contribution >= 0.6 is 11.5 Å². The van der Waals surface area contributed by atoms with Crippen molar-refractivity contribution in [3.63, 3.8) is 0 Å². The maximum Gasteiger partial charge on any atom is 0.265 e. The smallest absolute Gasteiger partial charge is 0.265 e. The first-order valence-corrected chi connectivity index (χ1v) is 6.59. The number of nitrogens with two attached hydrogens (primary N) is 1. The summed E-state index contributed by atoms with van der Waals surface area (Å²) >= 11 is 1.17. The molecule has 2 aromatic rings. The summed E-state index contributed by atoms with van der Waals surface area (Å²) in [7, 11) is 0. The molecule has 0 bridgehead atoms. The number of hydrogen-bond acceptors (Lipinski definition) is 4. The second kappa shape index (κ2) is 4.42. The summed E-state index contributed by atoms with van der Waals surface area (Å²) in [6.45, 7) is 1.43. The van der Waals surface area contributed by atoms with Crippen molar-refractivity contribution in [1.82, 2.24) is 9.27 Å². The summed E-state index contributed by atoms with van der Waals surface area (Å²) in [6.07, 6.45) is 0.913.